The fourth-order valence-electron chi connectivity index (χ4n) is 5.25. The Kier molecular flexibility index (Phi) is 10.2. The van der Waals surface area contributed by atoms with Gasteiger partial charge in [-0.05, 0) is 79.6 Å². The maximum Gasteiger partial charge on any atom is 0.231 e. The van der Waals surface area contributed by atoms with Crippen molar-refractivity contribution in [3.05, 3.63) is 108 Å². The first-order valence-electron chi connectivity index (χ1n) is 14.1. The molecule has 1 fully saturated rings. The van der Waals surface area contributed by atoms with Crippen LogP contribution < -0.4 is 5.32 Å². The second kappa shape index (κ2) is 14.0. The molecule has 0 radical (unpaired) electrons. The Bertz CT molecular complexity index is 1320. The lowest BCUT2D eigenvalue weighted by molar-refractivity contribution is -0.131. The van der Waals surface area contributed by atoms with Crippen LogP contribution in [-0.2, 0) is 15.0 Å². The molecular weight excluding hydrogens is 520 g/mol. The molecule has 1 unspecified atom stereocenters. The zero-order valence-corrected chi connectivity index (χ0v) is 23.7. The zero-order valence-electron chi connectivity index (χ0n) is 23.7. The minimum atomic E-state index is -0.764. The summed E-state index contributed by atoms with van der Waals surface area (Å²) >= 11 is 0. The Hall–Kier alpha value is -4.13. The molecular formula is C34H37F2N3O2. The molecule has 5 nitrogen and oxygen atoms in total. The Balaban J connectivity index is 0.000000231. The third-order valence-electron chi connectivity index (χ3n) is 7.81. The highest BCUT2D eigenvalue weighted by Gasteiger charge is 2.43. The Morgan fingerprint density at radius 1 is 0.951 bits per heavy atom. The molecule has 41 heavy (non-hydrogen) atoms. The number of amides is 2. The van der Waals surface area contributed by atoms with Gasteiger partial charge in [-0.2, -0.15) is 0 Å². The van der Waals surface area contributed by atoms with Crippen LogP contribution >= 0.6 is 0 Å². The zero-order chi connectivity index (χ0) is 29.2. The highest BCUT2D eigenvalue weighted by Crippen LogP contribution is 2.36. The van der Waals surface area contributed by atoms with Crippen molar-refractivity contribution in [2.45, 2.75) is 51.0 Å². The van der Waals surface area contributed by atoms with Crippen molar-refractivity contribution in [1.29, 1.82) is 0 Å². The number of halogens is 2. The number of rotatable bonds is 7. The fraction of sp³-hybridized carbons (Fsp3) is 0.324. The number of nitrogens with one attached hydrogen (secondary N) is 1. The number of hydrogen-bond donors (Lipinski definition) is 1. The van der Waals surface area contributed by atoms with Gasteiger partial charge >= 0.3 is 0 Å². The number of likely N-dealkylation sites (tertiary alicyclic amines) is 1. The van der Waals surface area contributed by atoms with Gasteiger partial charge in [0.2, 0.25) is 12.3 Å². The molecule has 2 heterocycles. The monoisotopic (exact) mass is 557 g/mol. The van der Waals surface area contributed by atoms with Crippen molar-refractivity contribution in [1.82, 2.24) is 10.2 Å². The van der Waals surface area contributed by atoms with Gasteiger partial charge in [-0.3, -0.25) is 14.6 Å². The predicted octanol–water partition coefficient (Wildman–Crippen LogP) is 6.41. The molecule has 0 saturated carbocycles. The van der Waals surface area contributed by atoms with Crippen molar-refractivity contribution < 1.29 is 18.4 Å². The van der Waals surface area contributed by atoms with Gasteiger partial charge in [0.1, 0.15) is 11.6 Å². The average Bonchev–Trinajstić information content (AvgIpc) is 3.01. The molecule has 1 N–H and O–H groups in total. The van der Waals surface area contributed by atoms with Crippen molar-refractivity contribution in [2.75, 3.05) is 19.6 Å². The molecule has 2 amide bonds. The second-order valence-electron chi connectivity index (χ2n) is 10.5. The normalized spacial score (nSPS) is 16.6. The van der Waals surface area contributed by atoms with E-state index in [9.17, 15) is 18.4 Å². The van der Waals surface area contributed by atoms with Crippen LogP contribution in [0.25, 0.3) is 11.1 Å². The first-order valence-corrected chi connectivity index (χ1v) is 14.1. The lowest BCUT2D eigenvalue weighted by Gasteiger charge is -2.40. The minimum Gasteiger partial charge on any atom is -0.347 e. The number of benzene rings is 3. The highest BCUT2D eigenvalue weighted by atomic mass is 19.1. The molecule has 0 spiro atoms. The summed E-state index contributed by atoms with van der Waals surface area (Å²) in [6.45, 7) is 5.83. The molecule has 0 bridgehead atoms. The second-order valence-corrected chi connectivity index (χ2v) is 10.5. The lowest BCUT2D eigenvalue weighted by atomic mass is 9.71. The van der Waals surface area contributed by atoms with E-state index in [1.54, 1.807) is 29.2 Å². The van der Waals surface area contributed by atoms with E-state index in [-0.39, 0.29) is 23.6 Å². The van der Waals surface area contributed by atoms with Crippen LogP contribution in [0.15, 0.2) is 89.9 Å². The van der Waals surface area contributed by atoms with E-state index in [4.69, 9.17) is 0 Å². The topological polar surface area (TPSA) is 61.8 Å². The molecule has 3 aromatic rings. The number of aliphatic imine (C=N–C) groups is 1. The first-order chi connectivity index (χ1) is 19.8. The SMILES string of the molecule is CCC(NC(=O)C1(c2ccc(F)cc2)CCN(C=O)CC1)C1=NCCC=C1.Cc1ccc(-c2ccc(F)cc2)cc1. The third kappa shape index (κ3) is 7.54. The van der Waals surface area contributed by atoms with Gasteiger partial charge in [0, 0.05) is 19.6 Å². The average molecular weight is 558 g/mol. The highest BCUT2D eigenvalue weighted by molar-refractivity contribution is 6.02. The molecule has 7 heteroatoms. The van der Waals surface area contributed by atoms with Gasteiger partial charge in [-0.1, -0.05) is 67.1 Å². The number of nitrogens with zero attached hydrogens (tertiary/aromatic N) is 2. The van der Waals surface area contributed by atoms with Gasteiger partial charge in [0.15, 0.2) is 0 Å². The van der Waals surface area contributed by atoms with Crippen LogP contribution in [0, 0.1) is 18.6 Å². The smallest absolute Gasteiger partial charge is 0.231 e. The summed E-state index contributed by atoms with van der Waals surface area (Å²) in [5, 5.41) is 3.17. The van der Waals surface area contributed by atoms with Crippen LogP contribution in [-0.4, -0.2) is 48.6 Å². The summed E-state index contributed by atoms with van der Waals surface area (Å²) < 4.78 is 26.1. The van der Waals surface area contributed by atoms with E-state index in [1.807, 2.05) is 25.1 Å². The summed E-state index contributed by atoms with van der Waals surface area (Å²) in [4.78, 5) is 30.7. The van der Waals surface area contributed by atoms with Crippen molar-refractivity contribution in [3.63, 3.8) is 0 Å². The summed E-state index contributed by atoms with van der Waals surface area (Å²) in [6.07, 6.45) is 7.59. The number of dihydropyridines is 1. The number of carbonyl (C=O) groups is 2. The number of carbonyl (C=O) groups excluding carboxylic acids is 2. The molecule has 214 valence electrons. The fourth-order valence-corrected chi connectivity index (χ4v) is 5.25. The van der Waals surface area contributed by atoms with Gasteiger partial charge in [-0.25, -0.2) is 8.78 Å². The molecule has 3 aromatic carbocycles. The van der Waals surface area contributed by atoms with Gasteiger partial charge in [0.25, 0.3) is 0 Å². The molecule has 0 aromatic heterocycles. The standard InChI is InChI=1S/C21H26FN3O2.C13H11F/c1-2-18(19-5-3-4-12-23-19)24-20(27)21(10-13-25(15-26)14-11-21)16-6-8-17(22)9-7-16;1-10-2-4-11(5-3-10)12-6-8-13(14)9-7-12/h3,5-9,15,18H,2,4,10-14H2,1H3,(H,24,27);2-9H,1H3. The van der Waals surface area contributed by atoms with Crippen LogP contribution in [0.5, 0.6) is 0 Å². The molecule has 2 aliphatic rings. The van der Waals surface area contributed by atoms with Crippen LogP contribution in [0.3, 0.4) is 0 Å². The molecule has 2 aliphatic heterocycles. The summed E-state index contributed by atoms with van der Waals surface area (Å²) in [5.74, 6) is -0.596. The van der Waals surface area contributed by atoms with Gasteiger partial charge < -0.3 is 10.2 Å². The largest absolute Gasteiger partial charge is 0.347 e. The lowest BCUT2D eigenvalue weighted by Crippen LogP contribution is -2.54. The van der Waals surface area contributed by atoms with E-state index in [1.165, 1.54) is 29.8 Å². The first kappa shape index (κ1) is 29.8. The minimum absolute atomic E-state index is 0.0758. The van der Waals surface area contributed by atoms with Crippen molar-refractivity contribution >= 4 is 18.0 Å². The molecule has 5 rings (SSSR count). The van der Waals surface area contributed by atoms with E-state index in [2.05, 4.69) is 35.4 Å². The van der Waals surface area contributed by atoms with E-state index < -0.39 is 5.41 Å². The number of piperidine rings is 1. The van der Waals surface area contributed by atoms with Crippen molar-refractivity contribution in [2.24, 2.45) is 4.99 Å². The summed E-state index contributed by atoms with van der Waals surface area (Å²) in [7, 11) is 0. The maximum absolute atomic E-state index is 13.4. The number of hydrogen-bond acceptors (Lipinski definition) is 3. The Morgan fingerprint density at radius 2 is 1.51 bits per heavy atom. The van der Waals surface area contributed by atoms with Crippen LogP contribution in [0.1, 0.15) is 43.7 Å². The molecule has 1 atom stereocenters. The molecule has 1 saturated heterocycles. The summed E-state index contributed by atoms with van der Waals surface area (Å²) in [5.41, 5.74) is 4.33. The number of aryl methyl sites for hydroxylation is 1. The third-order valence-corrected chi connectivity index (χ3v) is 7.81. The predicted molar refractivity (Wildman–Crippen MR) is 160 cm³/mol. The quantitative estimate of drug-likeness (QED) is 0.341. The van der Waals surface area contributed by atoms with Crippen molar-refractivity contribution in [3.8, 4) is 11.1 Å². The van der Waals surface area contributed by atoms with Crippen LogP contribution in [0.2, 0.25) is 0 Å². The van der Waals surface area contributed by atoms with Gasteiger partial charge in [0.05, 0.1) is 17.2 Å². The molecule has 0 aliphatic carbocycles. The van der Waals surface area contributed by atoms with E-state index in [0.717, 1.165) is 48.2 Å². The van der Waals surface area contributed by atoms with E-state index in [0.29, 0.717) is 25.9 Å². The van der Waals surface area contributed by atoms with Crippen LogP contribution in [0.4, 0.5) is 8.78 Å². The summed E-state index contributed by atoms with van der Waals surface area (Å²) in [6, 6.07) is 20.8. The Labute approximate surface area is 241 Å². The maximum atomic E-state index is 13.4. The van der Waals surface area contributed by atoms with E-state index >= 15 is 0 Å². The Morgan fingerprint density at radius 3 is 2.02 bits per heavy atom. The van der Waals surface area contributed by atoms with Gasteiger partial charge in [-0.15, -0.1) is 0 Å².